The third kappa shape index (κ3) is 5.68. The van der Waals surface area contributed by atoms with Crippen molar-refractivity contribution >= 4 is 0 Å². The zero-order valence-electron chi connectivity index (χ0n) is 11.6. The number of pyridine rings is 1. The number of hydrogen-bond acceptors (Lipinski definition) is 3. The van der Waals surface area contributed by atoms with E-state index >= 15 is 0 Å². The maximum absolute atomic E-state index is 5.76. The SMILES string of the molecule is Cc1ccc(OCC(C)(C)CNC(C)C)cn1. The lowest BCUT2D eigenvalue weighted by Crippen LogP contribution is -2.37. The lowest BCUT2D eigenvalue weighted by Gasteiger charge is -2.26. The molecule has 3 nitrogen and oxygen atoms in total. The van der Waals surface area contributed by atoms with Crippen LogP contribution in [0.15, 0.2) is 18.3 Å². The van der Waals surface area contributed by atoms with Gasteiger partial charge in [0.1, 0.15) is 5.75 Å². The summed E-state index contributed by atoms with van der Waals surface area (Å²) in [5.41, 5.74) is 1.13. The molecule has 0 saturated heterocycles. The van der Waals surface area contributed by atoms with Crippen LogP contribution in [0.3, 0.4) is 0 Å². The van der Waals surface area contributed by atoms with Gasteiger partial charge in [0.25, 0.3) is 0 Å². The fourth-order valence-corrected chi connectivity index (χ4v) is 1.35. The third-order valence-electron chi connectivity index (χ3n) is 2.50. The largest absolute Gasteiger partial charge is 0.491 e. The van der Waals surface area contributed by atoms with E-state index < -0.39 is 0 Å². The molecule has 0 aliphatic carbocycles. The maximum atomic E-state index is 5.76. The van der Waals surface area contributed by atoms with Gasteiger partial charge in [-0.2, -0.15) is 0 Å². The lowest BCUT2D eigenvalue weighted by atomic mass is 9.94. The molecule has 0 saturated carbocycles. The summed E-state index contributed by atoms with van der Waals surface area (Å²) < 4.78 is 5.76. The number of hydrogen-bond donors (Lipinski definition) is 1. The molecule has 96 valence electrons. The summed E-state index contributed by atoms with van der Waals surface area (Å²) in [6.45, 7) is 12.3. The van der Waals surface area contributed by atoms with Crippen LogP contribution in [0.1, 0.15) is 33.4 Å². The lowest BCUT2D eigenvalue weighted by molar-refractivity contribution is 0.173. The summed E-state index contributed by atoms with van der Waals surface area (Å²) in [7, 11) is 0. The number of nitrogens with one attached hydrogen (secondary N) is 1. The Morgan fingerprint density at radius 3 is 2.59 bits per heavy atom. The maximum Gasteiger partial charge on any atom is 0.137 e. The third-order valence-corrected chi connectivity index (χ3v) is 2.50. The second-order valence-corrected chi connectivity index (χ2v) is 5.62. The Labute approximate surface area is 105 Å². The van der Waals surface area contributed by atoms with Crippen molar-refractivity contribution < 1.29 is 4.74 Å². The minimum Gasteiger partial charge on any atom is -0.491 e. The number of aromatic nitrogens is 1. The van der Waals surface area contributed by atoms with Gasteiger partial charge < -0.3 is 10.1 Å². The van der Waals surface area contributed by atoms with Crippen LogP contribution in [-0.4, -0.2) is 24.2 Å². The van der Waals surface area contributed by atoms with E-state index in [9.17, 15) is 0 Å². The van der Waals surface area contributed by atoms with Crippen molar-refractivity contribution in [1.82, 2.24) is 10.3 Å². The second kappa shape index (κ2) is 6.01. The zero-order valence-corrected chi connectivity index (χ0v) is 11.6. The molecule has 1 aromatic rings. The summed E-state index contributed by atoms with van der Waals surface area (Å²) in [6.07, 6.45) is 1.78. The first-order valence-corrected chi connectivity index (χ1v) is 6.18. The van der Waals surface area contributed by atoms with E-state index in [2.05, 4.69) is 38.0 Å². The Bertz CT molecular complexity index is 331. The molecular weight excluding hydrogens is 212 g/mol. The minimum absolute atomic E-state index is 0.120. The van der Waals surface area contributed by atoms with Gasteiger partial charge in [0.15, 0.2) is 0 Å². The molecule has 0 atom stereocenters. The Hall–Kier alpha value is -1.09. The first-order valence-electron chi connectivity index (χ1n) is 6.18. The summed E-state index contributed by atoms with van der Waals surface area (Å²) in [5, 5.41) is 3.44. The number of rotatable bonds is 6. The molecule has 1 rings (SSSR count). The van der Waals surface area contributed by atoms with Gasteiger partial charge in [-0.25, -0.2) is 0 Å². The van der Waals surface area contributed by atoms with Gasteiger partial charge in [-0.1, -0.05) is 27.7 Å². The van der Waals surface area contributed by atoms with Crippen LogP contribution in [0.25, 0.3) is 0 Å². The van der Waals surface area contributed by atoms with Gasteiger partial charge in [0, 0.05) is 23.7 Å². The van der Waals surface area contributed by atoms with E-state index in [1.54, 1.807) is 6.20 Å². The van der Waals surface area contributed by atoms with Crippen LogP contribution in [-0.2, 0) is 0 Å². The molecule has 0 bridgehead atoms. The Balaban J connectivity index is 2.40. The van der Waals surface area contributed by atoms with E-state index in [0.29, 0.717) is 12.6 Å². The highest BCUT2D eigenvalue weighted by Crippen LogP contribution is 2.17. The van der Waals surface area contributed by atoms with Crippen molar-refractivity contribution in [3.8, 4) is 5.75 Å². The fourth-order valence-electron chi connectivity index (χ4n) is 1.35. The minimum atomic E-state index is 0.120. The molecular formula is C14H24N2O. The highest BCUT2D eigenvalue weighted by atomic mass is 16.5. The van der Waals surface area contributed by atoms with Gasteiger partial charge in [-0.05, 0) is 19.1 Å². The summed E-state index contributed by atoms with van der Waals surface area (Å²) in [6, 6.07) is 4.44. The summed E-state index contributed by atoms with van der Waals surface area (Å²) in [4.78, 5) is 4.21. The molecule has 0 fully saturated rings. The van der Waals surface area contributed by atoms with Crippen LogP contribution in [0.5, 0.6) is 5.75 Å². The molecule has 0 amide bonds. The molecule has 0 aromatic carbocycles. The average molecular weight is 236 g/mol. The number of nitrogens with zero attached hydrogens (tertiary/aromatic N) is 1. The Kier molecular flexibility index (Phi) is 4.94. The molecule has 0 aliphatic rings. The van der Waals surface area contributed by atoms with Gasteiger partial charge in [0.05, 0.1) is 12.8 Å². The fraction of sp³-hybridized carbons (Fsp3) is 0.643. The predicted molar refractivity (Wildman–Crippen MR) is 71.4 cm³/mol. The summed E-state index contributed by atoms with van der Waals surface area (Å²) in [5.74, 6) is 0.841. The van der Waals surface area contributed by atoms with E-state index in [0.717, 1.165) is 18.0 Å². The van der Waals surface area contributed by atoms with E-state index in [1.165, 1.54) is 0 Å². The van der Waals surface area contributed by atoms with Crippen LogP contribution in [0.2, 0.25) is 0 Å². The van der Waals surface area contributed by atoms with E-state index in [1.807, 2.05) is 19.1 Å². The number of aryl methyl sites for hydroxylation is 1. The molecule has 0 aliphatic heterocycles. The van der Waals surface area contributed by atoms with E-state index in [-0.39, 0.29) is 5.41 Å². The molecule has 1 heterocycles. The molecule has 17 heavy (non-hydrogen) atoms. The van der Waals surface area contributed by atoms with E-state index in [4.69, 9.17) is 4.74 Å². The van der Waals surface area contributed by atoms with Gasteiger partial charge in [-0.3, -0.25) is 4.98 Å². The molecule has 0 spiro atoms. The highest BCUT2D eigenvalue weighted by Gasteiger charge is 2.19. The van der Waals surface area contributed by atoms with Crippen LogP contribution in [0.4, 0.5) is 0 Å². The topological polar surface area (TPSA) is 34.1 Å². The zero-order chi connectivity index (χ0) is 12.9. The molecule has 0 radical (unpaired) electrons. The molecule has 3 heteroatoms. The monoisotopic (exact) mass is 236 g/mol. The van der Waals surface area contributed by atoms with Crippen LogP contribution < -0.4 is 10.1 Å². The average Bonchev–Trinajstić information content (AvgIpc) is 2.26. The summed E-state index contributed by atoms with van der Waals surface area (Å²) >= 11 is 0. The standard InChI is InChI=1S/C14H24N2O/c1-11(2)16-9-14(4,5)10-17-13-7-6-12(3)15-8-13/h6-8,11,16H,9-10H2,1-5H3. The Morgan fingerprint density at radius 1 is 1.35 bits per heavy atom. The second-order valence-electron chi connectivity index (χ2n) is 5.62. The normalized spacial score (nSPS) is 11.9. The molecule has 0 unspecified atom stereocenters. The number of ether oxygens (including phenoxy) is 1. The van der Waals surface area contributed by atoms with Crippen LogP contribution in [0, 0.1) is 12.3 Å². The van der Waals surface area contributed by atoms with Crippen molar-refractivity contribution in [3.63, 3.8) is 0 Å². The van der Waals surface area contributed by atoms with Crippen molar-refractivity contribution in [1.29, 1.82) is 0 Å². The van der Waals surface area contributed by atoms with Crippen molar-refractivity contribution in [3.05, 3.63) is 24.0 Å². The van der Waals surface area contributed by atoms with Gasteiger partial charge >= 0.3 is 0 Å². The Morgan fingerprint density at radius 2 is 2.06 bits per heavy atom. The smallest absolute Gasteiger partial charge is 0.137 e. The molecule has 1 aromatic heterocycles. The quantitative estimate of drug-likeness (QED) is 0.824. The first kappa shape index (κ1) is 14.0. The van der Waals surface area contributed by atoms with Gasteiger partial charge in [0.2, 0.25) is 0 Å². The molecule has 1 N–H and O–H groups in total. The van der Waals surface area contributed by atoms with Crippen molar-refractivity contribution in [2.24, 2.45) is 5.41 Å². The van der Waals surface area contributed by atoms with Crippen molar-refractivity contribution in [2.75, 3.05) is 13.2 Å². The first-order chi connectivity index (χ1) is 7.89. The van der Waals surface area contributed by atoms with Gasteiger partial charge in [-0.15, -0.1) is 0 Å². The van der Waals surface area contributed by atoms with Crippen LogP contribution >= 0.6 is 0 Å². The van der Waals surface area contributed by atoms with Crippen molar-refractivity contribution in [2.45, 2.75) is 40.7 Å². The highest BCUT2D eigenvalue weighted by molar-refractivity contribution is 5.19. The predicted octanol–water partition coefficient (Wildman–Crippen LogP) is 2.79.